The summed E-state index contributed by atoms with van der Waals surface area (Å²) in [4.78, 5) is 14.8. The normalized spacial score (nSPS) is 17.9. The summed E-state index contributed by atoms with van der Waals surface area (Å²) < 4.78 is 75.6. The van der Waals surface area contributed by atoms with E-state index in [1.165, 1.54) is 12.1 Å². The van der Waals surface area contributed by atoms with Gasteiger partial charge in [-0.3, -0.25) is 14.8 Å². The van der Waals surface area contributed by atoms with Crippen molar-refractivity contribution in [3.63, 3.8) is 0 Å². The molecular formula is C25H26F3N5O4S. The number of aromatic nitrogens is 2. The van der Waals surface area contributed by atoms with Crippen molar-refractivity contribution in [3.05, 3.63) is 76.2 Å². The summed E-state index contributed by atoms with van der Waals surface area (Å²) >= 11 is 0. The maximum atomic E-state index is 14.9. The molecule has 2 aliphatic heterocycles. The van der Waals surface area contributed by atoms with Gasteiger partial charge in [0.25, 0.3) is 5.91 Å². The molecule has 13 heteroatoms. The van der Waals surface area contributed by atoms with Crippen LogP contribution in [0.15, 0.2) is 41.3 Å². The molecule has 0 saturated carbocycles. The molecule has 0 spiro atoms. The topological polar surface area (TPSA) is 108 Å². The van der Waals surface area contributed by atoms with Gasteiger partial charge in [0.05, 0.1) is 34.9 Å². The second-order valence-corrected chi connectivity index (χ2v) is 11.6. The summed E-state index contributed by atoms with van der Waals surface area (Å²) in [5, 5.41) is 9.53. The first-order valence-corrected chi connectivity index (χ1v) is 13.4. The van der Waals surface area contributed by atoms with Crippen molar-refractivity contribution in [2.24, 2.45) is 0 Å². The van der Waals surface area contributed by atoms with Crippen LogP contribution in [0, 0.1) is 17.5 Å². The number of nitrogens with zero attached hydrogens (tertiary/aromatic N) is 3. The zero-order valence-electron chi connectivity index (χ0n) is 20.7. The molecule has 0 bridgehead atoms. The van der Waals surface area contributed by atoms with E-state index in [0.717, 1.165) is 16.4 Å². The van der Waals surface area contributed by atoms with E-state index in [4.69, 9.17) is 4.74 Å². The Labute approximate surface area is 217 Å². The van der Waals surface area contributed by atoms with Crippen LogP contribution in [0.25, 0.3) is 0 Å². The number of H-pyrrole nitrogens is 1. The number of carbonyl (C=O) groups excluding carboxylic acids is 1. The predicted molar refractivity (Wildman–Crippen MR) is 131 cm³/mol. The third-order valence-corrected chi connectivity index (χ3v) is 8.88. The van der Waals surface area contributed by atoms with Gasteiger partial charge in [-0.15, -0.1) is 0 Å². The standard InChI is InChI=1S/C25H26F3N5O4S/c1-25(2)22-19(14-33(25)38(35,36)18-11-16(26)10-17(27)12-18)23(31-30-22)29-24(34)21-15(4-3-5-20(21)28)13-32-6-8-37-9-7-32/h3-5,10-12H,6-9,13-14H2,1-2H3,(H2,29,30,31,34). The highest BCUT2D eigenvalue weighted by molar-refractivity contribution is 7.89. The summed E-state index contributed by atoms with van der Waals surface area (Å²) in [6.07, 6.45) is 0. The van der Waals surface area contributed by atoms with Crippen molar-refractivity contribution in [3.8, 4) is 0 Å². The molecule has 5 rings (SSSR count). The molecule has 1 amide bonds. The molecule has 0 atom stereocenters. The first-order chi connectivity index (χ1) is 18.0. The first-order valence-electron chi connectivity index (χ1n) is 11.9. The van der Waals surface area contributed by atoms with Gasteiger partial charge in [0.1, 0.15) is 17.5 Å². The van der Waals surface area contributed by atoms with Crippen LogP contribution in [0.1, 0.15) is 41.0 Å². The van der Waals surface area contributed by atoms with Crippen LogP contribution >= 0.6 is 0 Å². The lowest BCUT2D eigenvalue weighted by Crippen LogP contribution is -2.40. The summed E-state index contributed by atoms with van der Waals surface area (Å²) in [5.41, 5.74) is -0.0564. The van der Waals surface area contributed by atoms with Gasteiger partial charge in [-0.05, 0) is 37.6 Å². The highest BCUT2D eigenvalue weighted by atomic mass is 32.2. The number of rotatable bonds is 6. The van der Waals surface area contributed by atoms with Gasteiger partial charge in [0, 0.05) is 37.8 Å². The molecule has 0 radical (unpaired) electrons. The Morgan fingerprint density at radius 1 is 1.13 bits per heavy atom. The quantitative estimate of drug-likeness (QED) is 0.489. The molecule has 2 N–H and O–H groups in total. The number of hydrogen-bond acceptors (Lipinski definition) is 6. The summed E-state index contributed by atoms with van der Waals surface area (Å²) in [6, 6.07) is 6.49. The van der Waals surface area contributed by atoms with Gasteiger partial charge in [-0.1, -0.05) is 12.1 Å². The SMILES string of the molecule is CC1(C)c2[nH]nc(NC(=O)c3c(F)cccc3CN3CCOCC3)c2CN1S(=O)(=O)c1cc(F)cc(F)c1. The third-order valence-electron chi connectivity index (χ3n) is 6.88. The van der Waals surface area contributed by atoms with E-state index in [1.807, 2.05) is 0 Å². The summed E-state index contributed by atoms with van der Waals surface area (Å²) in [5.74, 6) is -3.43. The molecule has 1 aromatic heterocycles. The van der Waals surface area contributed by atoms with Crippen molar-refractivity contribution < 1.29 is 31.1 Å². The van der Waals surface area contributed by atoms with Gasteiger partial charge < -0.3 is 10.1 Å². The first kappa shape index (κ1) is 26.4. The zero-order valence-corrected chi connectivity index (χ0v) is 21.5. The van der Waals surface area contributed by atoms with Gasteiger partial charge in [-0.2, -0.15) is 9.40 Å². The van der Waals surface area contributed by atoms with E-state index >= 15 is 0 Å². The molecule has 38 heavy (non-hydrogen) atoms. The second-order valence-electron chi connectivity index (χ2n) is 9.72. The van der Waals surface area contributed by atoms with Gasteiger partial charge in [-0.25, -0.2) is 21.6 Å². The number of carbonyl (C=O) groups is 1. The van der Waals surface area contributed by atoms with Crippen molar-refractivity contribution in [2.75, 3.05) is 31.6 Å². The largest absolute Gasteiger partial charge is 0.379 e. The lowest BCUT2D eigenvalue weighted by atomic mass is 10.0. The number of sulfonamides is 1. The minimum absolute atomic E-state index is 0.0433. The molecule has 0 unspecified atom stereocenters. The molecule has 3 aromatic rings. The lowest BCUT2D eigenvalue weighted by Gasteiger charge is -2.30. The number of aromatic amines is 1. The average Bonchev–Trinajstić information content (AvgIpc) is 3.37. The number of halogens is 3. The maximum Gasteiger partial charge on any atom is 0.260 e. The number of benzene rings is 2. The molecule has 2 aliphatic rings. The molecule has 202 valence electrons. The summed E-state index contributed by atoms with van der Waals surface area (Å²) in [6.45, 7) is 5.73. The smallest absolute Gasteiger partial charge is 0.260 e. The molecule has 1 saturated heterocycles. The second kappa shape index (κ2) is 9.80. The maximum absolute atomic E-state index is 14.9. The van der Waals surface area contributed by atoms with E-state index < -0.39 is 43.8 Å². The van der Waals surface area contributed by atoms with E-state index in [9.17, 15) is 26.4 Å². The Balaban J connectivity index is 1.42. The van der Waals surface area contributed by atoms with Gasteiger partial charge in [0.15, 0.2) is 5.82 Å². The van der Waals surface area contributed by atoms with Gasteiger partial charge >= 0.3 is 0 Å². The highest BCUT2D eigenvalue weighted by Crippen LogP contribution is 2.44. The van der Waals surface area contributed by atoms with Crippen molar-refractivity contribution >= 4 is 21.7 Å². The number of amides is 1. The van der Waals surface area contributed by atoms with E-state index in [0.29, 0.717) is 55.7 Å². The fourth-order valence-electron chi connectivity index (χ4n) is 4.91. The van der Waals surface area contributed by atoms with Crippen molar-refractivity contribution in [1.29, 1.82) is 0 Å². The van der Waals surface area contributed by atoms with Crippen LogP contribution in [-0.2, 0) is 33.4 Å². The minimum Gasteiger partial charge on any atom is -0.379 e. The van der Waals surface area contributed by atoms with E-state index in [1.54, 1.807) is 19.9 Å². The average molecular weight is 550 g/mol. The molecule has 0 aliphatic carbocycles. The molecular weight excluding hydrogens is 523 g/mol. The number of morpholine rings is 1. The Bertz CT molecular complexity index is 1480. The van der Waals surface area contributed by atoms with Crippen LogP contribution in [0.3, 0.4) is 0 Å². The fraction of sp³-hybridized carbons (Fsp3) is 0.360. The molecule has 9 nitrogen and oxygen atoms in total. The zero-order chi connectivity index (χ0) is 27.2. The Morgan fingerprint density at radius 2 is 1.82 bits per heavy atom. The number of hydrogen-bond donors (Lipinski definition) is 2. The van der Waals surface area contributed by atoms with Crippen LogP contribution < -0.4 is 5.32 Å². The number of fused-ring (bicyclic) bond motifs is 1. The third kappa shape index (κ3) is 4.70. The van der Waals surface area contributed by atoms with Crippen LogP contribution in [0.5, 0.6) is 0 Å². The van der Waals surface area contributed by atoms with Crippen LogP contribution in [0.2, 0.25) is 0 Å². The number of ether oxygens (including phenoxy) is 1. The predicted octanol–water partition coefficient (Wildman–Crippen LogP) is 3.35. The summed E-state index contributed by atoms with van der Waals surface area (Å²) in [7, 11) is -4.34. The Morgan fingerprint density at radius 3 is 2.50 bits per heavy atom. The van der Waals surface area contributed by atoms with Crippen molar-refractivity contribution in [1.82, 2.24) is 19.4 Å². The lowest BCUT2D eigenvalue weighted by molar-refractivity contribution is 0.0340. The molecule has 1 fully saturated rings. The van der Waals surface area contributed by atoms with E-state index in [-0.39, 0.29) is 17.9 Å². The number of nitrogens with one attached hydrogen (secondary N) is 2. The van der Waals surface area contributed by atoms with Crippen LogP contribution in [0.4, 0.5) is 19.0 Å². The Hall–Kier alpha value is -3.26. The molecule has 2 aromatic carbocycles. The monoisotopic (exact) mass is 549 g/mol. The fourth-order valence-corrected chi connectivity index (χ4v) is 6.68. The molecule has 3 heterocycles. The minimum atomic E-state index is -4.34. The van der Waals surface area contributed by atoms with Crippen molar-refractivity contribution in [2.45, 2.75) is 37.4 Å². The number of anilines is 1. The van der Waals surface area contributed by atoms with E-state index in [2.05, 4.69) is 20.4 Å². The highest BCUT2D eigenvalue weighted by Gasteiger charge is 2.48. The van der Waals surface area contributed by atoms with Gasteiger partial charge in [0.2, 0.25) is 10.0 Å². The Kier molecular flexibility index (Phi) is 6.80. The van der Waals surface area contributed by atoms with Crippen LogP contribution in [-0.4, -0.2) is 60.0 Å².